The number of hydrogen-bond donors (Lipinski definition) is 4. The van der Waals surface area contributed by atoms with Crippen LogP contribution in [-0.2, 0) is 14.4 Å². The Morgan fingerprint density at radius 3 is 2.50 bits per heavy atom. The minimum absolute atomic E-state index is 0.0216. The smallest absolute Gasteiger partial charge is 0.234 e. The number of rotatable bonds is 7. The van der Waals surface area contributed by atoms with Crippen LogP contribution in [-0.4, -0.2) is 52.3 Å². The molecule has 0 aliphatic carbocycles. The van der Waals surface area contributed by atoms with Crippen LogP contribution < -0.4 is 11.7 Å². The Morgan fingerprint density at radius 1 is 1.62 bits per heavy atom. The monoisotopic (exact) mass is 235 g/mol. The normalized spacial score (nSPS) is 16.3. The first-order valence-corrected chi connectivity index (χ1v) is 4.63. The van der Waals surface area contributed by atoms with E-state index < -0.39 is 24.2 Å². The zero-order valence-electron chi connectivity index (χ0n) is 8.94. The predicted molar refractivity (Wildman–Crippen MR) is 53.3 cm³/mol. The van der Waals surface area contributed by atoms with Gasteiger partial charge in [0.25, 0.3) is 0 Å². The van der Waals surface area contributed by atoms with Gasteiger partial charge in [-0.3, -0.25) is 14.6 Å². The highest BCUT2D eigenvalue weighted by Gasteiger charge is 2.32. The number of aliphatic hydroxyl groups is 2. The van der Waals surface area contributed by atoms with Crippen molar-refractivity contribution in [1.29, 1.82) is 0 Å². The number of hydrazine groups is 1. The van der Waals surface area contributed by atoms with E-state index in [1.165, 1.54) is 0 Å². The number of aldehydes is 1. The number of amides is 1. The highest BCUT2D eigenvalue weighted by molar-refractivity contribution is 5.77. The molecule has 0 unspecified atom stereocenters. The third-order valence-corrected chi connectivity index (χ3v) is 2.14. The summed E-state index contributed by atoms with van der Waals surface area (Å²) < 4.78 is 0. The molecule has 0 rings (SSSR count). The lowest BCUT2D eigenvalue weighted by Gasteiger charge is -2.29. The maximum Gasteiger partial charge on any atom is 0.234 e. The van der Waals surface area contributed by atoms with E-state index in [0.717, 1.165) is 6.92 Å². The summed E-state index contributed by atoms with van der Waals surface area (Å²) in [6.07, 6.45) is -2.04. The van der Waals surface area contributed by atoms with Gasteiger partial charge in [-0.1, -0.05) is 0 Å². The highest BCUT2D eigenvalue weighted by Crippen LogP contribution is 2.09. The van der Waals surface area contributed by atoms with Gasteiger partial charge in [0.05, 0.1) is 0 Å². The fraction of sp³-hybridized carbons (Fsp3) is 0.750. The van der Waals surface area contributed by atoms with E-state index in [1.807, 2.05) is 0 Å². The molecule has 0 saturated carbocycles. The summed E-state index contributed by atoms with van der Waals surface area (Å²) in [4.78, 5) is 26.1. The second kappa shape index (κ2) is 7.25. The van der Waals surface area contributed by atoms with E-state index in [2.05, 4.69) is 4.84 Å². The van der Waals surface area contributed by atoms with Crippen LogP contribution >= 0.6 is 0 Å². The number of aliphatic hydroxyl groups excluding tert-OH is 2. The third-order valence-electron chi connectivity index (χ3n) is 2.14. The Bertz CT molecular complexity index is 238. The van der Waals surface area contributed by atoms with Gasteiger partial charge in [0.1, 0.15) is 24.5 Å². The molecule has 0 spiro atoms. The maximum absolute atomic E-state index is 10.9. The summed E-state index contributed by atoms with van der Waals surface area (Å²) in [5.74, 6) is 9.60. The third kappa shape index (κ3) is 3.83. The lowest BCUT2D eigenvalue weighted by atomic mass is 10.0. The van der Waals surface area contributed by atoms with Crippen molar-refractivity contribution < 1.29 is 24.6 Å². The molecule has 8 heteroatoms. The molecule has 1 amide bonds. The van der Waals surface area contributed by atoms with Crippen molar-refractivity contribution in [2.45, 2.75) is 31.6 Å². The summed E-state index contributed by atoms with van der Waals surface area (Å²) >= 11 is 0. The molecule has 0 heterocycles. The largest absolute Gasteiger partial charge is 0.396 e. The molecule has 0 aromatic heterocycles. The summed E-state index contributed by atoms with van der Waals surface area (Å²) in [6.45, 7) is 0.864. The SMILES string of the molecule is CC(=O)N(N)[C@@H](C=O)[C@@H](O)[C@@H](CCO)ON. The van der Waals surface area contributed by atoms with Crippen LogP contribution in [0.3, 0.4) is 0 Å². The van der Waals surface area contributed by atoms with Gasteiger partial charge in [0.15, 0.2) is 0 Å². The van der Waals surface area contributed by atoms with Gasteiger partial charge in [-0.05, 0) is 0 Å². The zero-order chi connectivity index (χ0) is 12.7. The van der Waals surface area contributed by atoms with Crippen LogP contribution in [0.2, 0.25) is 0 Å². The summed E-state index contributed by atoms with van der Waals surface area (Å²) in [5.41, 5.74) is 0. The first-order valence-electron chi connectivity index (χ1n) is 4.63. The predicted octanol–water partition coefficient (Wildman–Crippen LogP) is -2.72. The highest BCUT2D eigenvalue weighted by atomic mass is 16.6. The van der Waals surface area contributed by atoms with Crippen LogP contribution in [0.5, 0.6) is 0 Å². The van der Waals surface area contributed by atoms with Gasteiger partial charge in [0, 0.05) is 20.0 Å². The van der Waals surface area contributed by atoms with Gasteiger partial charge in [-0.15, -0.1) is 0 Å². The number of carbonyl (C=O) groups excluding carboxylic acids is 2. The molecule has 0 aliphatic heterocycles. The van der Waals surface area contributed by atoms with E-state index in [1.54, 1.807) is 0 Å². The number of nitrogens with zero attached hydrogens (tertiary/aromatic N) is 1. The van der Waals surface area contributed by atoms with E-state index in [0.29, 0.717) is 11.3 Å². The van der Waals surface area contributed by atoms with Crippen molar-refractivity contribution in [3.8, 4) is 0 Å². The minimum atomic E-state index is -1.40. The van der Waals surface area contributed by atoms with Gasteiger partial charge in [-0.25, -0.2) is 11.7 Å². The second-order valence-corrected chi connectivity index (χ2v) is 3.23. The quantitative estimate of drug-likeness (QED) is 0.163. The molecule has 8 nitrogen and oxygen atoms in total. The second-order valence-electron chi connectivity index (χ2n) is 3.23. The standard InChI is InChI=1S/C8H17N3O5/c1-5(14)11(9)6(4-13)8(15)7(16-10)2-3-12/h4,6-8,12,15H,2-3,9-10H2,1H3/t6-,7+,8+/m0/s1. The lowest BCUT2D eigenvalue weighted by molar-refractivity contribution is -0.144. The van der Waals surface area contributed by atoms with Crippen LogP contribution in [0.1, 0.15) is 13.3 Å². The molecule has 0 aliphatic rings. The van der Waals surface area contributed by atoms with Crippen LogP contribution in [0, 0.1) is 0 Å². The first kappa shape index (κ1) is 14.9. The number of nitrogens with two attached hydrogens (primary N) is 2. The van der Waals surface area contributed by atoms with Crippen molar-refractivity contribution in [3.63, 3.8) is 0 Å². The van der Waals surface area contributed by atoms with Gasteiger partial charge in [-0.2, -0.15) is 0 Å². The lowest BCUT2D eigenvalue weighted by Crippen LogP contribution is -2.55. The first-order chi connectivity index (χ1) is 7.49. The fourth-order valence-electron chi connectivity index (χ4n) is 1.19. The molecule has 16 heavy (non-hydrogen) atoms. The van der Waals surface area contributed by atoms with Gasteiger partial charge >= 0.3 is 0 Å². The van der Waals surface area contributed by atoms with Crippen LogP contribution in [0.25, 0.3) is 0 Å². The minimum Gasteiger partial charge on any atom is -0.396 e. The molecular weight excluding hydrogens is 218 g/mol. The van der Waals surface area contributed by atoms with E-state index in [9.17, 15) is 14.7 Å². The van der Waals surface area contributed by atoms with Crippen LogP contribution in [0.4, 0.5) is 0 Å². The van der Waals surface area contributed by atoms with E-state index >= 15 is 0 Å². The van der Waals surface area contributed by atoms with Crippen molar-refractivity contribution in [2.75, 3.05) is 6.61 Å². The molecule has 0 radical (unpaired) electrons. The van der Waals surface area contributed by atoms with Crippen LogP contribution in [0.15, 0.2) is 0 Å². The topological polar surface area (TPSA) is 139 Å². The Kier molecular flexibility index (Phi) is 6.77. The summed E-state index contributed by atoms with van der Waals surface area (Å²) in [6, 6.07) is -1.27. The van der Waals surface area contributed by atoms with Gasteiger partial charge < -0.3 is 15.0 Å². The van der Waals surface area contributed by atoms with E-state index in [4.69, 9.17) is 16.8 Å². The Hall–Kier alpha value is -1.06. The fourth-order valence-corrected chi connectivity index (χ4v) is 1.19. The average molecular weight is 235 g/mol. The molecule has 0 saturated heterocycles. The van der Waals surface area contributed by atoms with Crippen molar-refractivity contribution in [2.24, 2.45) is 11.7 Å². The van der Waals surface area contributed by atoms with E-state index in [-0.39, 0.29) is 13.0 Å². The average Bonchev–Trinajstić information content (AvgIpc) is 2.26. The van der Waals surface area contributed by atoms with Crippen molar-refractivity contribution >= 4 is 12.2 Å². The Morgan fingerprint density at radius 2 is 2.19 bits per heavy atom. The molecule has 94 valence electrons. The molecular formula is C8H17N3O5. The number of carbonyl (C=O) groups is 2. The van der Waals surface area contributed by atoms with Crippen molar-refractivity contribution in [1.82, 2.24) is 5.01 Å². The summed E-state index contributed by atoms with van der Waals surface area (Å²) in [7, 11) is 0. The Labute approximate surface area is 92.7 Å². The van der Waals surface area contributed by atoms with Gasteiger partial charge in [0.2, 0.25) is 5.91 Å². The molecule has 6 N–H and O–H groups in total. The molecule has 0 fully saturated rings. The maximum atomic E-state index is 10.9. The molecule has 0 bridgehead atoms. The number of hydrogen-bond acceptors (Lipinski definition) is 7. The molecule has 3 atom stereocenters. The molecule has 0 aromatic carbocycles. The molecule has 0 aromatic rings. The van der Waals surface area contributed by atoms with Crippen molar-refractivity contribution in [3.05, 3.63) is 0 Å². The Balaban J connectivity index is 4.67. The summed E-state index contributed by atoms with van der Waals surface area (Å²) in [5, 5.41) is 19.0. The zero-order valence-corrected chi connectivity index (χ0v) is 8.94.